The molecule has 0 spiro atoms. The van der Waals surface area contributed by atoms with Gasteiger partial charge in [0.25, 0.3) is 0 Å². The highest BCUT2D eigenvalue weighted by atomic mass is 32.1. The maximum Gasteiger partial charge on any atom is 0.212 e. The van der Waals surface area contributed by atoms with Crippen LogP contribution in [-0.4, -0.2) is 28.6 Å². The van der Waals surface area contributed by atoms with Crippen molar-refractivity contribution in [2.24, 2.45) is 0 Å². The van der Waals surface area contributed by atoms with Crippen molar-refractivity contribution < 1.29 is 9.47 Å². The van der Waals surface area contributed by atoms with Crippen LogP contribution in [0.2, 0.25) is 0 Å². The number of rotatable bonds is 6. The Bertz CT molecular complexity index is 486. The molecule has 7 heteroatoms. The molecule has 2 rings (SSSR count). The van der Waals surface area contributed by atoms with E-state index in [1.54, 1.807) is 20.4 Å². The molecule has 2 aromatic rings. The van der Waals surface area contributed by atoms with E-state index in [9.17, 15) is 0 Å². The highest BCUT2D eigenvalue weighted by molar-refractivity contribution is 7.09. The van der Waals surface area contributed by atoms with Gasteiger partial charge in [0.1, 0.15) is 6.61 Å². The molecule has 0 saturated carbocycles. The first kappa shape index (κ1) is 12.7. The Morgan fingerprint density at radius 2 is 2.22 bits per heavy atom. The van der Waals surface area contributed by atoms with Crippen molar-refractivity contribution in [3.63, 3.8) is 0 Å². The number of nitrogens with one attached hydrogen (secondary N) is 1. The van der Waals surface area contributed by atoms with Gasteiger partial charge in [0.2, 0.25) is 11.0 Å². The van der Waals surface area contributed by atoms with Gasteiger partial charge in [-0.2, -0.15) is 4.37 Å². The second-order valence-electron chi connectivity index (χ2n) is 3.51. The molecule has 0 fully saturated rings. The molecule has 0 bridgehead atoms. The van der Waals surface area contributed by atoms with Crippen molar-refractivity contribution in [3.8, 4) is 5.88 Å². The molecule has 0 aliphatic rings. The SMILES string of the molecule is COCc1nsc(NCc2ccc(OC)nc2)n1. The predicted octanol–water partition coefficient (Wildman–Crippen LogP) is 1.70. The third kappa shape index (κ3) is 3.38. The summed E-state index contributed by atoms with van der Waals surface area (Å²) >= 11 is 1.32. The lowest BCUT2D eigenvalue weighted by atomic mass is 10.3. The fourth-order valence-corrected chi connectivity index (χ4v) is 1.90. The zero-order chi connectivity index (χ0) is 12.8. The number of anilines is 1. The smallest absolute Gasteiger partial charge is 0.212 e. The Balaban J connectivity index is 1.89. The van der Waals surface area contributed by atoms with Gasteiger partial charge < -0.3 is 14.8 Å². The molecule has 0 unspecified atom stereocenters. The quantitative estimate of drug-likeness (QED) is 0.858. The lowest BCUT2D eigenvalue weighted by molar-refractivity contribution is 0.179. The zero-order valence-electron chi connectivity index (χ0n) is 10.2. The summed E-state index contributed by atoms with van der Waals surface area (Å²) in [7, 11) is 3.22. The van der Waals surface area contributed by atoms with Gasteiger partial charge in [-0.1, -0.05) is 6.07 Å². The molecule has 2 aromatic heterocycles. The van der Waals surface area contributed by atoms with Crippen molar-refractivity contribution in [2.75, 3.05) is 19.5 Å². The minimum atomic E-state index is 0.433. The molecule has 96 valence electrons. The Hall–Kier alpha value is -1.73. The van der Waals surface area contributed by atoms with Crippen LogP contribution in [0.1, 0.15) is 11.4 Å². The van der Waals surface area contributed by atoms with Crippen LogP contribution in [0.3, 0.4) is 0 Å². The maximum atomic E-state index is 5.00. The van der Waals surface area contributed by atoms with Gasteiger partial charge in [0.15, 0.2) is 5.82 Å². The summed E-state index contributed by atoms with van der Waals surface area (Å²) in [5.74, 6) is 1.30. The lowest BCUT2D eigenvalue weighted by Crippen LogP contribution is -2.00. The molecule has 0 aliphatic heterocycles. The molecule has 0 aromatic carbocycles. The van der Waals surface area contributed by atoms with E-state index in [-0.39, 0.29) is 0 Å². The van der Waals surface area contributed by atoms with E-state index in [1.807, 2.05) is 12.1 Å². The summed E-state index contributed by atoms with van der Waals surface area (Å²) in [6.45, 7) is 1.08. The van der Waals surface area contributed by atoms with Crippen molar-refractivity contribution in [1.29, 1.82) is 0 Å². The molecule has 0 amide bonds. The number of nitrogens with zero attached hydrogens (tertiary/aromatic N) is 3. The number of hydrogen-bond donors (Lipinski definition) is 1. The normalized spacial score (nSPS) is 10.3. The first-order chi connectivity index (χ1) is 8.81. The van der Waals surface area contributed by atoms with E-state index in [0.29, 0.717) is 24.9 Å². The number of ether oxygens (including phenoxy) is 2. The van der Waals surface area contributed by atoms with Crippen molar-refractivity contribution >= 4 is 16.7 Å². The van der Waals surface area contributed by atoms with Crippen LogP contribution in [0.15, 0.2) is 18.3 Å². The van der Waals surface area contributed by atoms with Gasteiger partial charge in [-0.05, 0) is 5.56 Å². The Morgan fingerprint density at radius 1 is 1.33 bits per heavy atom. The average Bonchev–Trinajstić information content (AvgIpc) is 2.85. The minimum absolute atomic E-state index is 0.433. The van der Waals surface area contributed by atoms with Crippen LogP contribution >= 0.6 is 11.5 Å². The largest absolute Gasteiger partial charge is 0.481 e. The molecule has 0 aliphatic carbocycles. The molecule has 0 atom stereocenters. The van der Waals surface area contributed by atoms with Crippen LogP contribution < -0.4 is 10.1 Å². The van der Waals surface area contributed by atoms with Gasteiger partial charge in [-0.15, -0.1) is 0 Å². The van der Waals surface area contributed by atoms with Crippen LogP contribution in [0.5, 0.6) is 5.88 Å². The van der Waals surface area contributed by atoms with Crippen molar-refractivity contribution in [3.05, 3.63) is 29.7 Å². The summed E-state index contributed by atoms with van der Waals surface area (Å²) in [5, 5.41) is 3.96. The second-order valence-corrected chi connectivity index (χ2v) is 4.26. The van der Waals surface area contributed by atoms with E-state index in [4.69, 9.17) is 9.47 Å². The van der Waals surface area contributed by atoms with Crippen LogP contribution in [0.4, 0.5) is 5.13 Å². The van der Waals surface area contributed by atoms with Gasteiger partial charge in [-0.3, -0.25) is 0 Å². The first-order valence-corrected chi connectivity index (χ1v) is 6.13. The molecule has 1 N–H and O–H groups in total. The highest BCUT2D eigenvalue weighted by Gasteiger charge is 2.03. The van der Waals surface area contributed by atoms with Crippen LogP contribution in [-0.2, 0) is 17.9 Å². The first-order valence-electron chi connectivity index (χ1n) is 5.36. The fourth-order valence-electron chi connectivity index (χ4n) is 1.33. The van der Waals surface area contributed by atoms with E-state index in [1.165, 1.54) is 11.5 Å². The van der Waals surface area contributed by atoms with Crippen molar-refractivity contribution in [2.45, 2.75) is 13.2 Å². The highest BCUT2D eigenvalue weighted by Crippen LogP contribution is 2.13. The number of methoxy groups -OCH3 is 2. The standard InChI is InChI=1S/C11H14N4O2S/c1-16-7-9-14-11(18-15-9)13-6-8-3-4-10(17-2)12-5-8/h3-5H,6-7H2,1-2H3,(H,13,14,15). The van der Waals surface area contributed by atoms with Gasteiger partial charge >= 0.3 is 0 Å². The van der Waals surface area contributed by atoms with Gasteiger partial charge in [0, 0.05) is 37.5 Å². The molecule has 0 radical (unpaired) electrons. The van der Waals surface area contributed by atoms with E-state index >= 15 is 0 Å². The molecular weight excluding hydrogens is 252 g/mol. The predicted molar refractivity (Wildman–Crippen MR) is 68.7 cm³/mol. The Morgan fingerprint density at radius 3 is 2.89 bits per heavy atom. The lowest BCUT2D eigenvalue weighted by Gasteiger charge is -2.03. The van der Waals surface area contributed by atoms with Gasteiger partial charge in [-0.25, -0.2) is 9.97 Å². The van der Waals surface area contributed by atoms with E-state index in [2.05, 4.69) is 19.7 Å². The molecule has 2 heterocycles. The molecular formula is C11H14N4O2S. The molecule has 18 heavy (non-hydrogen) atoms. The van der Waals surface area contributed by atoms with Crippen LogP contribution in [0.25, 0.3) is 0 Å². The third-order valence-electron chi connectivity index (χ3n) is 2.19. The Labute approximate surface area is 109 Å². The summed E-state index contributed by atoms with van der Waals surface area (Å²) in [6.07, 6.45) is 1.77. The number of aromatic nitrogens is 3. The maximum absolute atomic E-state index is 5.00. The number of hydrogen-bond acceptors (Lipinski definition) is 7. The summed E-state index contributed by atoms with van der Waals surface area (Å²) in [5.41, 5.74) is 1.05. The summed E-state index contributed by atoms with van der Waals surface area (Å²) in [4.78, 5) is 8.40. The van der Waals surface area contributed by atoms with E-state index < -0.39 is 0 Å². The molecule has 0 saturated heterocycles. The summed E-state index contributed by atoms with van der Waals surface area (Å²) < 4.78 is 14.1. The van der Waals surface area contributed by atoms with Gasteiger partial charge in [0.05, 0.1) is 7.11 Å². The monoisotopic (exact) mass is 266 g/mol. The van der Waals surface area contributed by atoms with Crippen molar-refractivity contribution in [1.82, 2.24) is 14.3 Å². The fraction of sp³-hybridized carbons (Fsp3) is 0.364. The second kappa shape index (κ2) is 6.27. The van der Waals surface area contributed by atoms with E-state index in [0.717, 1.165) is 10.7 Å². The minimum Gasteiger partial charge on any atom is -0.481 e. The average molecular weight is 266 g/mol. The third-order valence-corrected chi connectivity index (χ3v) is 2.90. The number of pyridine rings is 1. The summed E-state index contributed by atoms with van der Waals surface area (Å²) in [6, 6.07) is 3.78. The molecule has 6 nitrogen and oxygen atoms in total. The van der Waals surface area contributed by atoms with Crippen LogP contribution in [0, 0.1) is 0 Å². The topological polar surface area (TPSA) is 69.2 Å². The zero-order valence-corrected chi connectivity index (χ0v) is 11.0. The Kier molecular flexibility index (Phi) is 4.43.